The molecule has 0 aliphatic heterocycles. The third kappa shape index (κ3) is 3.71. The molecule has 3 nitrogen and oxygen atoms in total. The van der Waals surface area contributed by atoms with E-state index in [0.717, 1.165) is 55.3 Å². The largest absolute Gasteiger partial charge is 0.456 e. The number of thiophene rings is 1. The van der Waals surface area contributed by atoms with E-state index in [-0.39, 0.29) is 0 Å². The van der Waals surface area contributed by atoms with Crippen LogP contribution in [0.4, 0.5) is 0 Å². The highest BCUT2D eigenvalue weighted by Crippen LogP contribution is 2.43. The van der Waals surface area contributed by atoms with Crippen LogP contribution in [-0.2, 0) is 0 Å². The number of fused-ring (bicyclic) bond motifs is 6. The van der Waals surface area contributed by atoms with Crippen LogP contribution in [0.5, 0.6) is 0 Å². The molecule has 0 saturated carbocycles. The van der Waals surface area contributed by atoms with E-state index < -0.39 is 0 Å². The summed E-state index contributed by atoms with van der Waals surface area (Å²) in [5.74, 6) is 0. The van der Waals surface area contributed by atoms with Gasteiger partial charge in [-0.25, -0.2) is 0 Å². The van der Waals surface area contributed by atoms with Crippen LogP contribution in [0.25, 0.3) is 75.5 Å². The van der Waals surface area contributed by atoms with E-state index in [0.29, 0.717) is 11.1 Å². The van der Waals surface area contributed by atoms with Gasteiger partial charge in [0.25, 0.3) is 0 Å². The van der Waals surface area contributed by atoms with E-state index in [1.54, 1.807) is 17.4 Å². The first-order valence-electron chi connectivity index (χ1n) is 13.6. The average Bonchev–Trinajstić information content (AvgIpc) is 3.62. The molecule has 0 amide bonds. The van der Waals surface area contributed by atoms with Crippen molar-refractivity contribution in [1.29, 1.82) is 10.5 Å². The van der Waals surface area contributed by atoms with Gasteiger partial charge in [-0.3, -0.25) is 0 Å². The normalized spacial score (nSPS) is 11.3. The van der Waals surface area contributed by atoms with Crippen LogP contribution in [0.3, 0.4) is 0 Å². The molecule has 8 rings (SSSR count). The van der Waals surface area contributed by atoms with E-state index >= 15 is 0 Å². The molecule has 0 aliphatic carbocycles. The second-order valence-electron chi connectivity index (χ2n) is 10.3. The van der Waals surface area contributed by atoms with Crippen molar-refractivity contribution in [2.24, 2.45) is 0 Å². The SMILES string of the molecule is N#Cc1ccc2oc3cccc(-c4ccc(-c5ccc6sc7ccccc7c6c5)c(-c5ccccc5C#N)c4)c3c2c1. The quantitative estimate of drug-likeness (QED) is 0.219. The first-order valence-corrected chi connectivity index (χ1v) is 14.4. The predicted octanol–water partition coefficient (Wildman–Crippen LogP) is 10.7. The van der Waals surface area contributed by atoms with Gasteiger partial charge in [0.15, 0.2) is 0 Å². The zero-order chi connectivity index (χ0) is 28.2. The van der Waals surface area contributed by atoms with Crippen LogP contribution < -0.4 is 0 Å². The summed E-state index contributed by atoms with van der Waals surface area (Å²) in [7, 11) is 0. The third-order valence-electron chi connectivity index (χ3n) is 7.98. The molecule has 0 bridgehead atoms. The van der Waals surface area contributed by atoms with Crippen LogP contribution in [0.15, 0.2) is 126 Å². The highest BCUT2D eigenvalue weighted by molar-refractivity contribution is 7.25. The Balaban J connectivity index is 1.40. The van der Waals surface area contributed by atoms with E-state index in [1.165, 1.54) is 20.2 Å². The summed E-state index contributed by atoms with van der Waals surface area (Å²) in [6.45, 7) is 0. The molecule has 0 fully saturated rings. The van der Waals surface area contributed by atoms with Crippen molar-refractivity contribution in [3.8, 4) is 45.5 Å². The smallest absolute Gasteiger partial charge is 0.136 e. The minimum absolute atomic E-state index is 0.593. The molecule has 194 valence electrons. The lowest BCUT2D eigenvalue weighted by molar-refractivity contribution is 0.669. The number of hydrogen-bond acceptors (Lipinski definition) is 4. The van der Waals surface area contributed by atoms with Gasteiger partial charge in [0, 0.05) is 36.5 Å². The fraction of sp³-hybridized carbons (Fsp3) is 0. The van der Waals surface area contributed by atoms with Crippen molar-refractivity contribution in [3.63, 3.8) is 0 Å². The lowest BCUT2D eigenvalue weighted by atomic mass is 9.88. The molecule has 0 N–H and O–H groups in total. The molecule has 8 aromatic rings. The molecule has 4 heteroatoms. The summed E-state index contributed by atoms with van der Waals surface area (Å²) < 4.78 is 8.70. The zero-order valence-electron chi connectivity index (χ0n) is 22.3. The van der Waals surface area contributed by atoms with Crippen molar-refractivity contribution in [2.45, 2.75) is 0 Å². The number of nitrogens with zero attached hydrogens (tertiary/aromatic N) is 2. The van der Waals surface area contributed by atoms with Crippen LogP contribution in [0.1, 0.15) is 11.1 Å². The van der Waals surface area contributed by atoms with Crippen molar-refractivity contribution in [3.05, 3.63) is 132 Å². The van der Waals surface area contributed by atoms with Gasteiger partial charge in [-0.1, -0.05) is 66.7 Å². The number of rotatable bonds is 3. The maximum atomic E-state index is 10.1. The molecule has 2 heterocycles. The number of benzene rings is 6. The van der Waals surface area contributed by atoms with Gasteiger partial charge >= 0.3 is 0 Å². The Labute approximate surface area is 245 Å². The van der Waals surface area contributed by atoms with Gasteiger partial charge in [-0.15, -0.1) is 11.3 Å². The predicted molar refractivity (Wildman–Crippen MR) is 172 cm³/mol. The first kappa shape index (κ1) is 24.1. The van der Waals surface area contributed by atoms with Crippen LogP contribution in [0.2, 0.25) is 0 Å². The zero-order valence-corrected chi connectivity index (χ0v) is 23.1. The van der Waals surface area contributed by atoms with Crippen molar-refractivity contribution in [1.82, 2.24) is 0 Å². The standard InChI is InChI=1S/C38H20N2OS/c39-21-23-12-16-34-33(18-23)38-29(9-5-10-35(38)41-34)25-13-15-28(31(19-25)27-7-2-1-6-26(27)22-40)24-14-17-37-32(20-24)30-8-3-4-11-36(30)42-37/h1-20H. The maximum absolute atomic E-state index is 10.1. The summed E-state index contributed by atoms with van der Waals surface area (Å²) in [6.07, 6.45) is 0. The van der Waals surface area contributed by atoms with Crippen molar-refractivity contribution >= 4 is 53.4 Å². The molecule has 0 aliphatic rings. The Kier molecular flexibility index (Phi) is 5.44. The molecular formula is C38H20N2OS. The van der Waals surface area contributed by atoms with Gasteiger partial charge in [-0.2, -0.15) is 10.5 Å². The van der Waals surface area contributed by atoms with Gasteiger partial charge < -0.3 is 4.42 Å². The van der Waals surface area contributed by atoms with Crippen molar-refractivity contribution in [2.75, 3.05) is 0 Å². The highest BCUT2D eigenvalue weighted by atomic mass is 32.1. The minimum atomic E-state index is 0.593. The molecule has 0 atom stereocenters. The minimum Gasteiger partial charge on any atom is -0.456 e. The third-order valence-corrected chi connectivity index (χ3v) is 9.13. The topological polar surface area (TPSA) is 60.7 Å². The highest BCUT2D eigenvalue weighted by Gasteiger charge is 2.17. The van der Waals surface area contributed by atoms with E-state index in [4.69, 9.17) is 4.42 Å². The lowest BCUT2D eigenvalue weighted by Crippen LogP contribution is -1.91. The van der Waals surface area contributed by atoms with Gasteiger partial charge in [0.1, 0.15) is 11.2 Å². The molecule has 0 radical (unpaired) electrons. The van der Waals surface area contributed by atoms with E-state index in [1.807, 2.05) is 48.5 Å². The Morgan fingerprint density at radius 1 is 0.500 bits per heavy atom. The fourth-order valence-corrected chi connectivity index (χ4v) is 7.12. The second kappa shape index (κ2) is 9.46. The number of nitriles is 2. The Morgan fingerprint density at radius 3 is 2.19 bits per heavy atom. The molecule has 6 aromatic carbocycles. The summed E-state index contributed by atoms with van der Waals surface area (Å²) >= 11 is 1.81. The molecule has 42 heavy (non-hydrogen) atoms. The summed E-state index contributed by atoms with van der Waals surface area (Å²) in [4.78, 5) is 0. The molecular weight excluding hydrogens is 532 g/mol. The van der Waals surface area contributed by atoms with Crippen molar-refractivity contribution < 1.29 is 4.42 Å². The van der Waals surface area contributed by atoms with Gasteiger partial charge in [0.2, 0.25) is 0 Å². The summed E-state index contributed by atoms with van der Waals surface area (Å²) in [5.41, 5.74) is 8.82. The fourth-order valence-electron chi connectivity index (χ4n) is 6.03. The summed E-state index contributed by atoms with van der Waals surface area (Å²) in [6, 6.07) is 45.7. The molecule has 2 aromatic heterocycles. The second-order valence-corrected chi connectivity index (χ2v) is 11.4. The van der Waals surface area contributed by atoms with Crippen LogP contribution in [0, 0.1) is 22.7 Å². The van der Waals surface area contributed by atoms with Gasteiger partial charge in [-0.05, 0) is 82.4 Å². The Bertz CT molecular complexity index is 2450. The van der Waals surface area contributed by atoms with Crippen LogP contribution >= 0.6 is 11.3 Å². The Hall–Kier alpha value is -5.68. The Morgan fingerprint density at radius 2 is 1.29 bits per heavy atom. The number of hydrogen-bond donors (Lipinski definition) is 0. The van der Waals surface area contributed by atoms with E-state index in [2.05, 4.69) is 78.9 Å². The number of furan rings is 1. The van der Waals surface area contributed by atoms with Gasteiger partial charge in [0.05, 0.1) is 23.3 Å². The molecule has 0 spiro atoms. The maximum Gasteiger partial charge on any atom is 0.136 e. The molecule has 0 saturated heterocycles. The van der Waals surface area contributed by atoms with E-state index in [9.17, 15) is 10.5 Å². The first-order chi connectivity index (χ1) is 20.7. The molecule has 0 unspecified atom stereocenters. The lowest BCUT2D eigenvalue weighted by Gasteiger charge is -2.15. The monoisotopic (exact) mass is 552 g/mol. The average molecular weight is 553 g/mol. The van der Waals surface area contributed by atoms with Crippen LogP contribution in [-0.4, -0.2) is 0 Å². The summed E-state index contributed by atoms with van der Waals surface area (Å²) in [5, 5.41) is 24.0.